The number of hydrogen-bond acceptors (Lipinski definition) is 4. The van der Waals surface area contributed by atoms with Crippen molar-refractivity contribution in [1.29, 1.82) is 0 Å². The summed E-state index contributed by atoms with van der Waals surface area (Å²) in [6, 6.07) is 14.0. The third-order valence-electron chi connectivity index (χ3n) is 3.63. The fraction of sp³-hybridized carbons (Fsp3) is 0.235. The minimum absolute atomic E-state index is 0.0558. The van der Waals surface area contributed by atoms with Gasteiger partial charge in [0.05, 0.1) is 19.6 Å². The summed E-state index contributed by atoms with van der Waals surface area (Å²) in [5.41, 5.74) is 1.07. The normalized spacial score (nSPS) is 16.5. The molecule has 1 aliphatic heterocycles. The van der Waals surface area contributed by atoms with Gasteiger partial charge in [-0.2, -0.15) is 0 Å². The van der Waals surface area contributed by atoms with Crippen LogP contribution in [-0.4, -0.2) is 26.2 Å². The Morgan fingerprint density at radius 2 is 1.76 bits per heavy atom. The van der Waals surface area contributed by atoms with E-state index < -0.39 is 0 Å². The van der Waals surface area contributed by atoms with Crippen molar-refractivity contribution in [3.63, 3.8) is 0 Å². The molecule has 2 aromatic rings. The van der Waals surface area contributed by atoms with Crippen molar-refractivity contribution < 1.29 is 9.47 Å². The molecule has 0 aliphatic carbocycles. The van der Waals surface area contributed by atoms with Crippen LogP contribution in [0, 0.1) is 0 Å². The number of fused-ring (bicyclic) bond motifs is 1. The highest BCUT2D eigenvalue weighted by atomic mass is 16.5. The van der Waals surface area contributed by atoms with Crippen LogP contribution in [0.15, 0.2) is 47.5 Å². The van der Waals surface area contributed by atoms with Crippen molar-refractivity contribution in [3.05, 3.63) is 58.6 Å². The summed E-state index contributed by atoms with van der Waals surface area (Å²) in [5.74, 6) is 1.45. The lowest BCUT2D eigenvalue weighted by Gasteiger charge is -2.26. The van der Waals surface area contributed by atoms with Gasteiger partial charge in [0.1, 0.15) is 6.17 Å². The summed E-state index contributed by atoms with van der Waals surface area (Å²) >= 11 is 0. The third kappa shape index (κ3) is 2.44. The van der Waals surface area contributed by atoms with Crippen LogP contribution in [0.25, 0.3) is 6.20 Å². The second-order valence-corrected chi connectivity index (χ2v) is 4.97. The summed E-state index contributed by atoms with van der Waals surface area (Å²) in [5, 5.41) is 2.15. The third-order valence-corrected chi connectivity index (χ3v) is 3.63. The van der Waals surface area contributed by atoms with E-state index in [1.807, 2.05) is 43.4 Å². The number of methoxy groups -OCH3 is 2. The second-order valence-electron chi connectivity index (χ2n) is 4.97. The van der Waals surface area contributed by atoms with E-state index in [-0.39, 0.29) is 6.17 Å². The summed E-state index contributed by atoms with van der Waals surface area (Å²) < 4.78 is 10.7. The number of rotatable bonds is 3. The van der Waals surface area contributed by atoms with Gasteiger partial charge < -0.3 is 14.4 Å². The van der Waals surface area contributed by atoms with Gasteiger partial charge in [-0.25, -0.2) is 0 Å². The van der Waals surface area contributed by atoms with E-state index in [4.69, 9.17) is 14.5 Å². The lowest BCUT2D eigenvalue weighted by atomic mass is 10.1. The minimum Gasteiger partial charge on any atom is -0.493 e. The molecule has 0 N–H and O–H groups in total. The zero-order chi connectivity index (χ0) is 14.8. The topological polar surface area (TPSA) is 34.1 Å². The monoisotopic (exact) mass is 282 g/mol. The molecule has 2 aromatic carbocycles. The van der Waals surface area contributed by atoms with Crippen LogP contribution in [0.5, 0.6) is 11.5 Å². The van der Waals surface area contributed by atoms with Gasteiger partial charge in [0, 0.05) is 24.0 Å². The molecule has 4 nitrogen and oxygen atoms in total. The summed E-state index contributed by atoms with van der Waals surface area (Å²) in [7, 11) is 5.31. The second kappa shape index (κ2) is 5.48. The molecule has 1 heterocycles. The van der Waals surface area contributed by atoms with E-state index in [0.29, 0.717) is 0 Å². The van der Waals surface area contributed by atoms with Crippen LogP contribution in [0.1, 0.15) is 11.7 Å². The molecule has 4 heteroatoms. The molecule has 0 radical (unpaired) electrons. The van der Waals surface area contributed by atoms with E-state index in [2.05, 4.69) is 17.2 Å². The largest absolute Gasteiger partial charge is 0.493 e. The number of ether oxygens (including phenoxy) is 2. The van der Waals surface area contributed by atoms with Crippen molar-refractivity contribution in [3.8, 4) is 11.5 Å². The SMILES string of the molecule is COc1ccc(C2N=c3ccccc3=CN2C)cc1OC. The smallest absolute Gasteiger partial charge is 0.161 e. The highest BCUT2D eigenvalue weighted by Gasteiger charge is 2.18. The maximum absolute atomic E-state index is 5.38. The molecule has 21 heavy (non-hydrogen) atoms. The summed E-state index contributed by atoms with van der Waals surface area (Å²) in [6.07, 6.45) is 2.06. The molecular weight excluding hydrogens is 264 g/mol. The van der Waals surface area contributed by atoms with Gasteiger partial charge >= 0.3 is 0 Å². The lowest BCUT2D eigenvalue weighted by molar-refractivity contribution is 0.345. The molecule has 0 fully saturated rings. The van der Waals surface area contributed by atoms with Crippen molar-refractivity contribution in [2.24, 2.45) is 4.99 Å². The molecule has 0 spiro atoms. The Morgan fingerprint density at radius 3 is 2.52 bits per heavy atom. The molecule has 0 bridgehead atoms. The molecule has 0 saturated carbocycles. The van der Waals surface area contributed by atoms with Crippen LogP contribution in [0.4, 0.5) is 0 Å². The highest BCUT2D eigenvalue weighted by Crippen LogP contribution is 2.32. The molecule has 1 atom stereocenters. The molecule has 0 aromatic heterocycles. The lowest BCUT2D eigenvalue weighted by Crippen LogP contribution is -2.35. The average molecular weight is 282 g/mol. The number of benzene rings is 2. The van der Waals surface area contributed by atoms with E-state index in [9.17, 15) is 0 Å². The molecule has 1 unspecified atom stereocenters. The van der Waals surface area contributed by atoms with Gasteiger partial charge in [-0.3, -0.25) is 4.99 Å². The Balaban J connectivity index is 2.07. The van der Waals surface area contributed by atoms with Crippen LogP contribution in [0.3, 0.4) is 0 Å². The highest BCUT2D eigenvalue weighted by molar-refractivity contribution is 5.44. The maximum atomic E-state index is 5.38. The predicted molar refractivity (Wildman–Crippen MR) is 81.7 cm³/mol. The van der Waals surface area contributed by atoms with Gasteiger partial charge in [0.2, 0.25) is 0 Å². The molecular formula is C17H18N2O2. The molecule has 0 saturated heterocycles. The van der Waals surface area contributed by atoms with Gasteiger partial charge in [0.25, 0.3) is 0 Å². The number of nitrogens with zero attached hydrogens (tertiary/aromatic N) is 2. The van der Waals surface area contributed by atoms with Crippen molar-refractivity contribution >= 4 is 6.20 Å². The zero-order valence-electron chi connectivity index (χ0n) is 12.4. The van der Waals surface area contributed by atoms with Gasteiger partial charge in [-0.1, -0.05) is 24.3 Å². The predicted octanol–water partition coefficient (Wildman–Crippen LogP) is 1.71. The zero-order valence-corrected chi connectivity index (χ0v) is 12.4. The van der Waals surface area contributed by atoms with Crippen LogP contribution < -0.4 is 20.0 Å². The Labute approximate surface area is 124 Å². The average Bonchev–Trinajstić information content (AvgIpc) is 2.53. The van der Waals surface area contributed by atoms with Crippen LogP contribution in [-0.2, 0) is 0 Å². The fourth-order valence-electron chi connectivity index (χ4n) is 2.55. The fourth-order valence-corrected chi connectivity index (χ4v) is 2.55. The Morgan fingerprint density at radius 1 is 1.00 bits per heavy atom. The standard InChI is InChI=1S/C17H18N2O2/c1-19-11-13-6-4-5-7-14(13)18-17(19)12-8-9-15(20-2)16(10-12)21-3/h4-11,17H,1-3H3. The van der Waals surface area contributed by atoms with Gasteiger partial charge in [-0.15, -0.1) is 0 Å². The first-order valence-corrected chi connectivity index (χ1v) is 6.81. The van der Waals surface area contributed by atoms with Crippen molar-refractivity contribution in [2.75, 3.05) is 21.3 Å². The van der Waals surface area contributed by atoms with Crippen LogP contribution in [0.2, 0.25) is 0 Å². The molecule has 3 rings (SSSR count). The van der Waals surface area contributed by atoms with E-state index in [0.717, 1.165) is 27.6 Å². The van der Waals surface area contributed by atoms with E-state index >= 15 is 0 Å². The first-order chi connectivity index (χ1) is 10.2. The quantitative estimate of drug-likeness (QED) is 0.859. The summed E-state index contributed by atoms with van der Waals surface area (Å²) in [4.78, 5) is 6.93. The first kappa shape index (κ1) is 13.5. The molecule has 0 amide bonds. The van der Waals surface area contributed by atoms with Gasteiger partial charge in [-0.05, 0) is 18.2 Å². The first-order valence-electron chi connectivity index (χ1n) is 6.81. The number of para-hydroxylation sites is 1. The molecule has 1 aliphatic rings. The van der Waals surface area contributed by atoms with Crippen LogP contribution >= 0.6 is 0 Å². The Kier molecular flexibility index (Phi) is 3.52. The maximum Gasteiger partial charge on any atom is 0.161 e. The Hall–Kier alpha value is -2.49. The van der Waals surface area contributed by atoms with Crippen molar-refractivity contribution in [2.45, 2.75) is 6.17 Å². The minimum atomic E-state index is -0.0558. The molecule has 108 valence electrons. The van der Waals surface area contributed by atoms with E-state index in [1.54, 1.807) is 14.2 Å². The van der Waals surface area contributed by atoms with E-state index in [1.165, 1.54) is 0 Å². The number of hydrogen-bond donors (Lipinski definition) is 0. The van der Waals surface area contributed by atoms with Gasteiger partial charge in [0.15, 0.2) is 11.5 Å². The summed E-state index contributed by atoms with van der Waals surface area (Å²) in [6.45, 7) is 0. The Bertz CT molecular complexity index is 771. The van der Waals surface area contributed by atoms with Crippen molar-refractivity contribution in [1.82, 2.24) is 4.90 Å².